The zero-order valence-corrected chi connectivity index (χ0v) is 21.4. The molecule has 7 nitrogen and oxygen atoms in total. The van der Waals surface area contributed by atoms with E-state index in [1.807, 2.05) is 46.0 Å². The fourth-order valence-corrected chi connectivity index (χ4v) is 5.06. The summed E-state index contributed by atoms with van der Waals surface area (Å²) in [6.07, 6.45) is 3.74. The van der Waals surface area contributed by atoms with E-state index in [4.69, 9.17) is 16.3 Å². The first-order chi connectivity index (χ1) is 16.6. The van der Waals surface area contributed by atoms with Gasteiger partial charge in [0.1, 0.15) is 5.75 Å². The summed E-state index contributed by atoms with van der Waals surface area (Å²) in [4.78, 5) is 18.0. The number of amides is 1. The molecule has 0 unspecified atom stereocenters. The van der Waals surface area contributed by atoms with E-state index in [9.17, 15) is 4.79 Å². The van der Waals surface area contributed by atoms with Gasteiger partial charge in [0.05, 0.1) is 30.3 Å². The highest BCUT2D eigenvalue weighted by atomic mass is 35.5. The van der Waals surface area contributed by atoms with Gasteiger partial charge in [0.2, 0.25) is 0 Å². The van der Waals surface area contributed by atoms with Crippen LogP contribution in [0.3, 0.4) is 0 Å². The number of methoxy groups -OCH3 is 1. The van der Waals surface area contributed by atoms with Crippen molar-refractivity contribution < 1.29 is 9.53 Å². The normalized spacial score (nSPS) is 16.6. The summed E-state index contributed by atoms with van der Waals surface area (Å²) >= 11 is 6.11. The number of rotatable bonds is 5. The lowest BCUT2D eigenvalue weighted by molar-refractivity contribution is 0.0744. The van der Waals surface area contributed by atoms with Gasteiger partial charge in [-0.15, -0.1) is 12.4 Å². The average molecular weight is 516 g/mol. The largest absolute Gasteiger partial charge is 0.497 e. The number of halogens is 2. The Morgan fingerprint density at radius 3 is 2.23 bits per heavy atom. The highest BCUT2D eigenvalue weighted by Gasteiger charge is 2.30. The minimum Gasteiger partial charge on any atom is -0.497 e. The first kappa shape index (κ1) is 25.4. The van der Waals surface area contributed by atoms with Gasteiger partial charge in [0, 0.05) is 42.8 Å². The highest BCUT2D eigenvalue weighted by molar-refractivity contribution is 6.30. The van der Waals surface area contributed by atoms with Gasteiger partial charge in [0.15, 0.2) is 0 Å². The summed E-state index contributed by atoms with van der Waals surface area (Å²) in [7, 11) is 1.67. The van der Waals surface area contributed by atoms with Gasteiger partial charge in [-0.25, -0.2) is 4.68 Å². The molecule has 0 saturated carbocycles. The summed E-state index contributed by atoms with van der Waals surface area (Å²) < 4.78 is 7.20. The smallest absolute Gasteiger partial charge is 0.257 e. The average Bonchev–Trinajstić information content (AvgIpc) is 3.34. The Bertz CT molecular complexity index is 1120. The van der Waals surface area contributed by atoms with E-state index in [1.54, 1.807) is 13.3 Å². The number of nitrogens with zero attached hydrogens (tertiary/aromatic N) is 4. The molecule has 1 N–H and O–H groups in total. The molecule has 0 spiro atoms. The SMILES string of the molecule is COc1ccc(N2CCN(C(=O)c3cnn(-c4ccc(Cl)cc4)c3C3CCNCC3)CC2)cc1.Cl. The number of nitrogens with one attached hydrogen (secondary N) is 1. The first-order valence-electron chi connectivity index (χ1n) is 11.9. The van der Waals surface area contributed by atoms with Crippen LogP contribution in [-0.2, 0) is 0 Å². The van der Waals surface area contributed by atoms with E-state index in [0.29, 0.717) is 24.0 Å². The molecule has 2 aliphatic rings. The van der Waals surface area contributed by atoms with Crippen molar-refractivity contribution in [2.75, 3.05) is 51.3 Å². The number of piperidine rings is 1. The van der Waals surface area contributed by atoms with E-state index in [-0.39, 0.29) is 18.3 Å². The third-order valence-corrected chi connectivity index (χ3v) is 7.09. The molecule has 5 rings (SSSR count). The van der Waals surface area contributed by atoms with Crippen molar-refractivity contribution in [2.45, 2.75) is 18.8 Å². The third kappa shape index (κ3) is 5.42. The standard InChI is InChI=1S/C26H30ClN5O2.ClH/c1-34-23-8-6-21(7-9-23)30-14-16-31(17-15-30)26(33)24-18-29-32(22-4-2-20(27)3-5-22)25(24)19-10-12-28-13-11-19;/h2-9,18-19,28H,10-17H2,1H3;1H. The molecule has 35 heavy (non-hydrogen) atoms. The van der Waals surface area contributed by atoms with Crippen molar-refractivity contribution >= 4 is 35.6 Å². The van der Waals surface area contributed by atoms with Crippen LogP contribution in [0.1, 0.15) is 34.8 Å². The summed E-state index contributed by atoms with van der Waals surface area (Å²) in [5.41, 5.74) is 3.83. The Balaban J connectivity index is 0.00000289. The topological polar surface area (TPSA) is 62.6 Å². The molecule has 0 aliphatic carbocycles. The summed E-state index contributed by atoms with van der Waals surface area (Å²) in [5.74, 6) is 1.21. The second kappa shape index (κ2) is 11.3. The van der Waals surface area contributed by atoms with E-state index in [2.05, 4.69) is 27.4 Å². The van der Waals surface area contributed by atoms with Gasteiger partial charge in [-0.05, 0) is 74.5 Å². The molecule has 2 saturated heterocycles. The molecule has 0 bridgehead atoms. The molecule has 2 aliphatic heterocycles. The second-order valence-electron chi connectivity index (χ2n) is 8.83. The lowest BCUT2D eigenvalue weighted by atomic mass is 9.91. The number of aromatic nitrogens is 2. The molecule has 9 heteroatoms. The van der Waals surface area contributed by atoms with Crippen molar-refractivity contribution in [2.24, 2.45) is 0 Å². The molecule has 2 aromatic carbocycles. The Labute approximate surface area is 217 Å². The van der Waals surface area contributed by atoms with Crippen molar-refractivity contribution in [3.8, 4) is 11.4 Å². The van der Waals surface area contributed by atoms with E-state index in [1.165, 1.54) is 0 Å². The van der Waals surface area contributed by atoms with Crippen LogP contribution in [0.4, 0.5) is 5.69 Å². The molecule has 186 valence electrons. The van der Waals surface area contributed by atoms with Crippen molar-refractivity contribution in [3.63, 3.8) is 0 Å². The van der Waals surface area contributed by atoms with Crippen molar-refractivity contribution in [1.29, 1.82) is 0 Å². The molecule has 2 fully saturated rings. The second-order valence-corrected chi connectivity index (χ2v) is 9.27. The minimum atomic E-state index is 0. The number of carbonyl (C=O) groups excluding carboxylic acids is 1. The van der Waals surface area contributed by atoms with Gasteiger partial charge in [-0.1, -0.05) is 11.6 Å². The molecule has 1 amide bonds. The fraction of sp³-hybridized carbons (Fsp3) is 0.385. The van der Waals surface area contributed by atoms with Crippen LogP contribution >= 0.6 is 24.0 Å². The zero-order chi connectivity index (χ0) is 23.5. The van der Waals surface area contributed by atoms with Crippen LogP contribution in [0.25, 0.3) is 5.69 Å². The maximum absolute atomic E-state index is 13.7. The molecular weight excluding hydrogens is 485 g/mol. The number of carbonyl (C=O) groups is 1. The molecule has 0 radical (unpaired) electrons. The summed E-state index contributed by atoms with van der Waals surface area (Å²) in [5, 5.41) is 8.78. The Morgan fingerprint density at radius 2 is 1.60 bits per heavy atom. The molecular formula is C26H31Cl2N5O2. The zero-order valence-electron chi connectivity index (χ0n) is 19.8. The third-order valence-electron chi connectivity index (χ3n) is 6.84. The molecule has 3 heterocycles. The van der Waals surface area contributed by atoms with Gasteiger partial charge in [-0.3, -0.25) is 4.79 Å². The Kier molecular flexibility index (Phi) is 8.21. The number of anilines is 1. The number of piperazine rings is 1. The number of ether oxygens (including phenoxy) is 1. The van der Waals surface area contributed by atoms with E-state index < -0.39 is 0 Å². The predicted octanol–water partition coefficient (Wildman–Crippen LogP) is 4.39. The first-order valence-corrected chi connectivity index (χ1v) is 12.2. The van der Waals surface area contributed by atoms with E-state index in [0.717, 1.165) is 67.4 Å². The van der Waals surface area contributed by atoms with Crippen LogP contribution in [0.2, 0.25) is 5.02 Å². The van der Waals surface area contributed by atoms with Gasteiger partial charge < -0.3 is 19.9 Å². The van der Waals surface area contributed by atoms with Crippen LogP contribution in [0.15, 0.2) is 54.7 Å². The highest BCUT2D eigenvalue weighted by Crippen LogP contribution is 2.31. The monoisotopic (exact) mass is 515 g/mol. The summed E-state index contributed by atoms with van der Waals surface area (Å²) in [6.45, 7) is 4.86. The molecule has 3 aromatic rings. The molecule has 0 atom stereocenters. The van der Waals surface area contributed by atoms with Crippen LogP contribution in [0.5, 0.6) is 5.75 Å². The van der Waals surface area contributed by atoms with Gasteiger partial charge >= 0.3 is 0 Å². The number of hydrogen-bond donors (Lipinski definition) is 1. The molecule has 1 aromatic heterocycles. The summed E-state index contributed by atoms with van der Waals surface area (Å²) in [6, 6.07) is 15.7. The van der Waals surface area contributed by atoms with Crippen molar-refractivity contribution in [3.05, 3.63) is 71.0 Å². The number of benzene rings is 2. The van der Waals surface area contributed by atoms with E-state index >= 15 is 0 Å². The predicted molar refractivity (Wildman–Crippen MR) is 142 cm³/mol. The Hall–Kier alpha value is -2.74. The quantitative estimate of drug-likeness (QED) is 0.546. The van der Waals surface area contributed by atoms with Gasteiger partial charge in [0.25, 0.3) is 5.91 Å². The minimum absolute atomic E-state index is 0. The lowest BCUT2D eigenvalue weighted by Crippen LogP contribution is -2.49. The van der Waals surface area contributed by atoms with Crippen LogP contribution in [0, 0.1) is 0 Å². The fourth-order valence-electron chi connectivity index (χ4n) is 4.93. The maximum Gasteiger partial charge on any atom is 0.257 e. The van der Waals surface area contributed by atoms with Crippen LogP contribution < -0.4 is 15.0 Å². The maximum atomic E-state index is 13.7. The van der Waals surface area contributed by atoms with Crippen LogP contribution in [-0.4, -0.2) is 67.0 Å². The van der Waals surface area contributed by atoms with Gasteiger partial charge in [-0.2, -0.15) is 5.10 Å². The number of hydrogen-bond acceptors (Lipinski definition) is 5. The van der Waals surface area contributed by atoms with Crippen molar-refractivity contribution in [1.82, 2.24) is 20.0 Å². The Morgan fingerprint density at radius 1 is 0.971 bits per heavy atom. The lowest BCUT2D eigenvalue weighted by Gasteiger charge is -2.36.